The first-order valence-electron chi connectivity index (χ1n) is 6.56. The number of hydrogen-bond donors (Lipinski definition) is 1. The van der Waals surface area contributed by atoms with Crippen molar-refractivity contribution in [3.63, 3.8) is 0 Å². The Morgan fingerprint density at radius 2 is 2.26 bits per heavy atom. The van der Waals surface area contributed by atoms with E-state index in [-0.39, 0.29) is 0 Å². The predicted octanol–water partition coefficient (Wildman–Crippen LogP) is 2.21. The van der Waals surface area contributed by atoms with Gasteiger partial charge in [-0.15, -0.1) is 0 Å². The maximum absolute atomic E-state index is 5.40. The van der Waals surface area contributed by atoms with Crippen LogP contribution >= 0.6 is 0 Å². The standard InChI is InChI=1S/C14H17N3O2/c1-18-12-7-3-2-6-11(12)13-16-14(19-17-13)10-5-4-8-15-9-10/h2-3,6-7,10,15H,4-5,8-9H2,1H3/t10-/m1/s1. The number of aromatic nitrogens is 2. The molecule has 1 fully saturated rings. The Hall–Kier alpha value is -1.88. The first-order valence-corrected chi connectivity index (χ1v) is 6.56. The molecule has 5 nitrogen and oxygen atoms in total. The van der Waals surface area contributed by atoms with Crippen molar-refractivity contribution in [1.29, 1.82) is 0 Å². The summed E-state index contributed by atoms with van der Waals surface area (Å²) < 4.78 is 10.7. The number of benzene rings is 1. The Morgan fingerprint density at radius 3 is 3.05 bits per heavy atom. The summed E-state index contributed by atoms with van der Waals surface area (Å²) in [5.41, 5.74) is 0.865. The minimum atomic E-state index is 0.324. The molecule has 0 saturated carbocycles. The molecule has 1 N–H and O–H groups in total. The van der Waals surface area contributed by atoms with Crippen LogP contribution in [0.15, 0.2) is 28.8 Å². The average molecular weight is 259 g/mol. The van der Waals surface area contributed by atoms with Gasteiger partial charge in [-0.3, -0.25) is 0 Å². The highest BCUT2D eigenvalue weighted by atomic mass is 16.5. The quantitative estimate of drug-likeness (QED) is 0.915. The van der Waals surface area contributed by atoms with Gasteiger partial charge in [0.2, 0.25) is 11.7 Å². The van der Waals surface area contributed by atoms with Crippen LogP contribution in [0.5, 0.6) is 5.75 Å². The number of para-hydroxylation sites is 1. The number of piperidine rings is 1. The van der Waals surface area contributed by atoms with Gasteiger partial charge in [-0.1, -0.05) is 17.3 Å². The van der Waals surface area contributed by atoms with E-state index in [0.29, 0.717) is 17.6 Å². The highest BCUT2D eigenvalue weighted by Gasteiger charge is 2.22. The summed E-state index contributed by atoms with van der Waals surface area (Å²) in [6, 6.07) is 7.70. The van der Waals surface area contributed by atoms with E-state index in [4.69, 9.17) is 9.26 Å². The summed E-state index contributed by atoms with van der Waals surface area (Å²) in [4.78, 5) is 4.51. The van der Waals surface area contributed by atoms with Gasteiger partial charge in [0.15, 0.2) is 0 Å². The molecule has 0 aliphatic carbocycles. The third-order valence-corrected chi connectivity index (χ3v) is 3.44. The van der Waals surface area contributed by atoms with E-state index in [1.807, 2.05) is 24.3 Å². The lowest BCUT2D eigenvalue weighted by atomic mass is 10.00. The zero-order valence-corrected chi connectivity index (χ0v) is 10.9. The zero-order valence-electron chi connectivity index (χ0n) is 10.9. The molecule has 2 aromatic rings. The molecule has 100 valence electrons. The van der Waals surface area contributed by atoms with Crippen molar-refractivity contribution in [3.8, 4) is 17.1 Å². The van der Waals surface area contributed by atoms with E-state index in [2.05, 4.69) is 15.5 Å². The lowest BCUT2D eigenvalue weighted by molar-refractivity contribution is 0.322. The summed E-state index contributed by atoms with van der Waals surface area (Å²) >= 11 is 0. The van der Waals surface area contributed by atoms with Crippen LogP contribution in [0.3, 0.4) is 0 Å². The topological polar surface area (TPSA) is 60.2 Å². The van der Waals surface area contributed by atoms with Crippen molar-refractivity contribution < 1.29 is 9.26 Å². The molecule has 1 aliphatic heterocycles. The van der Waals surface area contributed by atoms with Gasteiger partial charge in [0.05, 0.1) is 18.6 Å². The molecule has 3 rings (SSSR count). The highest BCUT2D eigenvalue weighted by molar-refractivity contribution is 5.63. The fourth-order valence-electron chi connectivity index (χ4n) is 2.40. The molecular formula is C14H17N3O2. The van der Waals surface area contributed by atoms with Crippen molar-refractivity contribution in [1.82, 2.24) is 15.5 Å². The van der Waals surface area contributed by atoms with Crippen LogP contribution in [-0.2, 0) is 0 Å². The van der Waals surface area contributed by atoms with E-state index in [9.17, 15) is 0 Å². The van der Waals surface area contributed by atoms with Gasteiger partial charge in [-0.05, 0) is 31.5 Å². The molecule has 1 aliphatic rings. The van der Waals surface area contributed by atoms with Crippen molar-refractivity contribution in [2.45, 2.75) is 18.8 Å². The molecule has 1 aromatic carbocycles. The van der Waals surface area contributed by atoms with Crippen LogP contribution in [0.2, 0.25) is 0 Å². The van der Waals surface area contributed by atoms with Crippen LogP contribution in [0.4, 0.5) is 0 Å². The second kappa shape index (κ2) is 5.40. The molecule has 1 atom stereocenters. The third kappa shape index (κ3) is 2.46. The highest BCUT2D eigenvalue weighted by Crippen LogP contribution is 2.29. The van der Waals surface area contributed by atoms with Crippen molar-refractivity contribution in [3.05, 3.63) is 30.2 Å². The van der Waals surface area contributed by atoms with E-state index in [1.165, 1.54) is 0 Å². The molecule has 1 saturated heterocycles. The number of methoxy groups -OCH3 is 1. The summed E-state index contributed by atoms with van der Waals surface area (Å²) in [5.74, 6) is 2.40. The van der Waals surface area contributed by atoms with Gasteiger partial charge in [0, 0.05) is 6.54 Å². The lowest BCUT2D eigenvalue weighted by Crippen LogP contribution is -2.28. The molecule has 0 unspecified atom stereocenters. The van der Waals surface area contributed by atoms with Crippen molar-refractivity contribution in [2.75, 3.05) is 20.2 Å². The van der Waals surface area contributed by atoms with Crippen LogP contribution < -0.4 is 10.1 Å². The SMILES string of the molecule is COc1ccccc1-c1noc([C@@H]2CCCNC2)n1. The smallest absolute Gasteiger partial charge is 0.231 e. The molecule has 5 heteroatoms. The summed E-state index contributed by atoms with van der Waals surface area (Å²) in [7, 11) is 1.64. The molecule has 0 spiro atoms. The first-order chi connectivity index (χ1) is 9.38. The predicted molar refractivity (Wildman–Crippen MR) is 71.1 cm³/mol. The second-order valence-electron chi connectivity index (χ2n) is 4.70. The normalized spacial score (nSPS) is 19.3. The number of nitrogens with one attached hydrogen (secondary N) is 1. The fourth-order valence-corrected chi connectivity index (χ4v) is 2.40. The average Bonchev–Trinajstić information content (AvgIpc) is 2.98. The van der Waals surface area contributed by atoms with Crippen LogP contribution in [-0.4, -0.2) is 30.3 Å². The maximum atomic E-state index is 5.40. The number of nitrogens with zero attached hydrogens (tertiary/aromatic N) is 2. The van der Waals surface area contributed by atoms with Gasteiger partial charge in [0.1, 0.15) is 5.75 Å². The van der Waals surface area contributed by atoms with Crippen molar-refractivity contribution >= 4 is 0 Å². The van der Waals surface area contributed by atoms with Crippen LogP contribution in [0.25, 0.3) is 11.4 Å². The van der Waals surface area contributed by atoms with Crippen molar-refractivity contribution in [2.24, 2.45) is 0 Å². The van der Waals surface area contributed by atoms with Gasteiger partial charge in [-0.25, -0.2) is 0 Å². The molecule has 19 heavy (non-hydrogen) atoms. The van der Waals surface area contributed by atoms with E-state index in [1.54, 1.807) is 7.11 Å². The van der Waals surface area contributed by atoms with E-state index in [0.717, 1.165) is 37.2 Å². The van der Waals surface area contributed by atoms with Gasteiger partial charge >= 0.3 is 0 Å². The van der Waals surface area contributed by atoms with Gasteiger partial charge in [0.25, 0.3) is 0 Å². The maximum Gasteiger partial charge on any atom is 0.231 e. The van der Waals surface area contributed by atoms with Crippen LogP contribution in [0, 0.1) is 0 Å². The Labute approximate surface area is 112 Å². The number of hydrogen-bond acceptors (Lipinski definition) is 5. The number of ether oxygens (including phenoxy) is 1. The Balaban J connectivity index is 1.88. The Kier molecular flexibility index (Phi) is 3.46. The fraction of sp³-hybridized carbons (Fsp3) is 0.429. The largest absolute Gasteiger partial charge is 0.496 e. The molecule has 1 aromatic heterocycles. The molecular weight excluding hydrogens is 242 g/mol. The van der Waals surface area contributed by atoms with Crippen LogP contribution in [0.1, 0.15) is 24.7 Å². The summed E-state index contributed by atoms with van der Waals surface area (Å²) in [6.45, 7) is 1.98. The second-order valence-corrected chi connectivity index (χ2v) is 4.70. The van der Waals surface area contributed by atoms with Gasteiger partial charge < -0.3 is 14.6 Å². The Bertz CT molecular complexity index is 547. The van der Waals surface area contributed by atoms with Gasteiger partial charge in [-0.2, -0.15) is 4.98 Å². The van der Waals surface area contributed by atoms with E-state index < -0.39 is 0 Å². The summed E-state index contributed by atoms with van der Waals surface area (Å²) in [6.07, 6.45) is 2.25. The summed E-state index contributed by atoms with van der Waals surface area (Å²) in [5, 5.41) is 7.43. The molecule has 0 bridgehead atoms. The number of rotatable bonds is 3. The Morgan fingerprint density at radius 1 is 1.37 bits per heavy atom. The molecule has 2 heterocycles. The molecule has 0 radical (unpaired) electrons. The first kappa shape index (κ1) is 12.2. The molecule has 0 amide bonds. The van der Waals surface area contributed by atoms with E-state index >= 15 is 0 Å². The zero-order chi connectivity index (χ0) is 13.1. The minimum Gasteiger partial charge on any atom is -0.496 e. The third-order valence-electron chi connectivity index (χ3n) is 3.44. The minimum absolute atomic E-state index is 0.324. The lowest BCUT2D eigenvalue weighted by Gasteiger charge is -2.18. The monoisotopic (exact) mass is 259 g/mol.